The van der Waals surface area contributed by atoms with Crippen molar-refractivity contribution in [3.63, 3.8) is 0 Å². The number of aromatic nitrogens is 1. The molecule has 0 atom stereocenters. The Hall–Kier alpha value is -4.01. The first-order valence-electron chi connectivity index (χ1n) is 13.5. The highest BCUT2D eigenvalue weighted by molar-refractivity contribution is 5.98. The Kier molecular flexibility index (Phi) is 6.45. The Bertz CT molecular complexity index is 1380. The lowest BCUT2D eigenvalue weighted by molar-refractivity contribution is -0.00454. The second-order valence-corrected chi connectivity index (χ2v) is 11.2. The van der Waals surface area contributed by atoms with Crippen LogP contribution in [0.5, 0.6) is 17.2 Å². The van der Waals surface area contributed by atoms with Crippen molar-refractivity contribution < 1.29 is 23.8 Å². The molecule has 3 N–H and O–H groups in total. The summed E-state index contributed by atoms with van der Waals surface area (Å²) < 4.78 is 16.0. The van der Waals surface area contributed by atoms with Crippen molar-refractivity contribution in [2.45, 2.75) is 43.9 Å². The third-order valence-electron chi connectivity index (χ3n) is 8.77. The summed E-state index contributed by atoms with van der Waals surface area (Å²) in [5.74, 6) is 3.08. The Morgan fingerprint density at radius 1 is 0.846 bits per heavy atom. The number of urea groups is 1. The van der Waals surface area contributed by atoms with Crippen LogP contribution >= 0.6 is 0 Å². The molecule has 0 spiro atoms. The zero-order chi connectivity index (χ0) is 27.1. The first kappa shape index (κ1) is 25.3. The minimum Gasteiger partial charge on any atom is -0.493 e. The van der Waals surface area contributed by atoms with Crippen molar-refractivity contribution in [2.24, 2.45) is 17.8 Å². The molecule has 9 heteroatoms. The third-order valence-corrected chi connectivity index (χ3v) is 8.77. The second kappa shape index (κ2) is 9.94. The summed E-state index contributed by atoms with van der Waals surface area (Å²) in [5, 5.41) is 3.81. The summed E-state index contributed by atoms with van der Waals surface area (Å²) in [6.45, 7) is 0. The number of carbonyl (C=O) groups excluding carboxylic acids is 2. The van der Waals surface area contributed by atoms with Crippen LogP contribution in [0.4, 0.5) is 10.5 Å². The van der Waals surface area contributed by atoms with Crippen LogP contribution in [-0.2, 0) is 5.41 Å². The molecular weight excluding hydrogens is 496 g/mol. The molecule has 4 aliphatic carbocycles. The number of pyridine rings is 1. The first-order chi connectivity index (χ1) is 18.9. The summed E-state index contributed by atoms with van der Waals surface area (Å²) in [7, 11) is 4.50. The van der Waals surface area contributed by atoms with Gasteiger partial charge in [0, 0.05) is 17.5 Å². The number of fused-ring (bicyclic) bond motifs is 1. The van der Waals surface area contributed by atoms with Crippen molar-refractivity contribution in [3.8, 4) is 17.2 Å². The van der Waals surface area contributed by atoms with E-state index in [4.69, 9.17) is 14.2 Å². The molecule has 4 saturated carbocycles. The molecule has 39 heavy (non-hydrogen) atoms. The summed E-state index contributed by atoms with van der Waals surface area (Å²) in [6.07, 6.45) is 7.60. The molecule has 4 fully saturated rings. The molecule has 3 aromatic rings. The number of amides is 3. The molecule has 4 bridgehead atoms. The van der Waals surface area contributed by atoms with Crippen LogP contribution in [0.3, 0.4) is 0 Å². The molecule has 9 nitrogen and oxygen atoms in total. The van der Waals surface area contributed by atoms with E-state index in [2.05, 4.69) is 27.2 Å². The van der Waals surface area contributed by atoms with E-state index in [0.29, 0.717) is 28.6 Å². The summed E-state index contributed by atoms with van der Waals surface area (Å²) in [6, 6.07) is 12.6. The van der Waals surface area contributed by atoms with Gasteiger partial charge in [0.1, 0.15) is 5.69 Å². The first-order valence-corrected chi connectivity index (χ1v) is 13.5. The number of nitrogens with one attached hydrogen (secondary N) is 3. The number of nitrogens with zero attached hydrogens (tertiary/aromatic N) is 1. The van der Waals surface area contributed by atoms with Gasteiger partial charge in [0.2, 0.25) is 5.75 Å². The van der Waals surface area contributed by atoms with Gasteiger partial charge in [0.25, 0.3) is 5.91 Å². The van der Waals surface area contributed by atoms with E-state index in [1.165, 1.54) is 65.4 Å². The highest BCUT2D eigenvalue weighted by Crippen LogP contribution is 2.61. The van der Waals surface area contributed by atoms with E-state index in [9.17, 15) is 9.59 Å². The molecule has 204 valence electrons. The molecule has 1 heterocycles. The predicted octanol–water partition coefficient (Wildman–Crippen LogP) is 5.19. The lowest BCUT2D eigenvalue weighted by atomic mass is 9.48. The maximum atomic E-state index is 13.2. The maximum Gasteiger partial charge on any atom is 0.337 e. The number of carbonyl (C=O) groups is 2. The van der Waals surface area contributed by atoms with Crippen LogP contribution in [-0.4, -0.2) is 38.3 Å². The van der Waals surface area contributed by atoms with Gasteiger partial charge in [0.05, 0.1) is 32.5 Å². The SMILES string of the molecule is COc1cc(NC(=O)NNC(=O)c2cc(C34CC5CC(CC(C5)C3)C4)c3ccccc3n2)cc(OC)c1OC. The predicted molar refractivity (Wildman–Crippen MR) is 147 cm³/mol. The number of hydrogen-bond acceptors (Lipinski definition) is 6. The van der Waals surface area contributed by atoms with Crippen LogP contribution in [0.1, 0.15) is 54.6 Å². The highest BCUT2D eigenvalue weighted by Gasteiger charge is 2.52. The molecule has 1 aromatic heterocycles. The molecule has 2 aromatic carbocycles. The van der Waals surface area contributed by atoms with E-state index < -0.39 is 11.9 Å². The number of hydrazine groups is 1. The average Bonchev–Trinajstić information content (AvgIpc) is 2.94. The van der Waals surface area contributed by atoms with Gasteiger partial charge in [-0.1, -0.05) is 18.2 Å². The summed E-state index contributed by atoms with van der Waals surface area (Å²) in [4.78, 5) is 30.5. The summed E-state index contributed by atoms with van der Waals surface area (Å²) >= 11 is 0. The number of rotatable bonds is 6. The lowest BCUT2D eigenvalue weighted by Crippen LogP contribution is -2.49. The molecule has 4 aliphatic rings. The van der Waals surface area contributed by atoms with Crippen molar-refractivity contribution in [3.05, 3.63) is 53.7 Å². The highest BCUT2D eigenvalue weighted by atomic mass is 16.5. The number of hydrogen-bond donors (Lipinski definition) is 3. The van der Waals surface area contributed by atoms with Gasteiger partial charge in [-0.2, -0.15) is 0 Å². The minimum atomic E-state index is -0.625. The summed E-state index contributed by atoms with van der Waals surface area (Å²) in [5.41, 5.74) is 7.79. The number of anilines is 1. The van der Waals surface area contributed by atoms with E-state index in [0.717, 1.165) is 28.7 Å². The van der Waals surface area contributed by atoms with Crippen molar-refractivity contribution in [1.82, 2.24) is 15.8 Å². The molecule has 0 saturated heterocycles. The van der Waals surface area contributed by atoms with E-state index in [-0.39, 0.29) is 5.41 Å². The largest absolute Gasteiger partial charge is 0.493 e. The van der Waals surface area contributed by atoms with Gasteiger partial charge in [-0.05, 0) is 79.4 Å². The van der Waals surface area contributed by atoms with Crippen molar-refractivity contribution in [2.75, 3.05) is 26.6 Å². The van der Waals surface area contributed by atoms with Gasteiger partial charge in [0.15, 0.2) is 11.5 Å². The fourth-order valence-corrected chi connectivity index (χ4v) is 7.66. The van der Waals surface area contributed by atoms with Gasteiger partial charge in [-0.15, -0.1) is 0 Å². The minimum absolute atomic E-state index is 0.101. The number of benzene rings is 2. The van der Waals surface area contributed by atoms with E-state index in [1.807, 2.05) is 24.3 Å². The molecular formula is C30H34N4O5. The quantitative estimate of drug-likeness (QED) is 0.378. The smallest absolute Gasteiger partial charge is 0.337 e. The Morgan fingerprint density at radius 2 is 1.46 bits per heavy atom. The normalized spacial score (nSPS) is 24.7. The van der Waals surface area contributed by atoms with Gasteiger partial charge in [-0.25, -0.2) is 15.2 Å². The van der Waals surface area contributed by atoms with Crippen molar-refractivity contribution in [1.29, 1.82) is 0 Å². The van der Waals surface area contributed by atoms with Crippen LogP contribution in [0.25, 0.3) is 10.9 Å². The molecule has 3 amide bonds. The fourth-order valence-electron chi connectivity index (χ4n) is 7.66. The average molecular weight is 531 g/mol. The van der Waals surface area contributed by atoms with Gasteiger partial charge < -0.3 is 19.5 Å². The molecule has 7 rings (SSSR count). The molecule has 0 radical (unpaired) electrons. The van der Waals surface area contributed by atoms with Crippen LogP contribution in [0.15, 0.2) is 42.5 Å². The van der Waals surface area contributed by atoms with E-state index >= 15 is 0 Å². The zero-order valence-corrected chi connectivity index (χ0v) is 22.5. The Balaban J connectivity index is 1.21. The van der Waals surface area contributed by atoms with E-state index in [1.54, 1.807) is 12.1 Å². The number of ether oxygens (including phenoxy) is 3. The zero-order valence-electron chi connectivity index (χ0n) is 22.5. The number of para-hydroxylation sites is 1. The maximum absolute atomic E-state index is 13.2. The van der Waals surface area contributed by atoms with Gasteiger partial charge >= 0.3 is 6.03 Å². The second-order valence-electron chi connectivity index (χ2n) is 11.2. The Labute approximate surface area is 227 Å². The fraction of sp³-hybridized carbons (Fsp3) is 0.433. The topological polar surface area (TPSA) is 111 Å². The van der Waals surface area contributed by atoms with Crippen LogP contribution < -0.4 is 30.4 Å². The van der Waals surface area contributed by atoms with Gasteiger partial charge in [-0.3, -0.25) is 10.2 Å². The standard InChI is InChI=1S/C30H34N4O5/c1-37-25-11-20(12-26(38-2)27(25)39-3)31-29(36)34-33-28(35)24-13-22(21-6-4-5-7-23(21)32-24)30-14-17-8-18(15-30)10-19(9-17)16-30/h4-7,11-13,17-19H,8-10,14-16H2,1-3H3,(H,33,35)(H2,31,34,36). The third kappa shape index (κ3) is 4.60. The monoisotopic (exact) mass is 530 g/mol. The van der Waals surface area contributed by atoms with Crippen molar-refractivity contribution >= 4 is 28.5 Å². The Morgan fingerprint density at radius 3 is 2.05 bits per heavy atom. The molecule has 0 unspecified atom stereocenters. The number of methoxy groups -OCH3 is 3. The molecule has 0 aliphatic heterocycles. The van der Waals surface area contributed by atoms with Crippen LogP contribution in [0, 0.1) is 17.8 Å². The lowest BCUT2D eigenvalue weighted by Gasteiger charge is -2.57. The van der Waals surface area contributed by atoms with Crippen LogP contribution in [0.2, 0.25) is 0 Å².